The van der Waals surface area contributed by atoms with Gasteiger partial charge in [0.05, 0.1) is 30.9 Å². The van der Waals surface area contributed by atoms with Gasteiger partial charge in [-0.05, 0) is 48.1 Å². The van der Waals surface area contributed by atoms with Gasteiger partial charge in [-0.25, -0.2) is 0 Å². The molecule has 1 N–H and O–H groups in total. The van der Waals surface area contributed by atoms with Crippen LogP contribution in [0.1, 0.15) is 43.4 Å². The van der Waals surface area contributed by atoms with Crippen LogP contribution in [0.15, 0.2) is 78.9 Å². The van der Waals surface area contributed by atoms with Crippen molar-refractivity contribution in [2.24, 2.45) is 0 Å². The van der Waals surface area contributed by atoms with Crippen molar-refractivity contribution in [1.29, 1.82) is 0 Å². The second-order valence-corrected chi connectivity index (χ2v) is 11.3. The van der Waals surface area contributed by atoms with Crippen LogP contribution in [0, 0.1) is 0 Å². The maximum absolute atomic E-state index is 11.9. The molecule has 0 amide bonds. The van der Waals surface area contributed by atoms with Crippen LogP contribution < -0.4 is 0 Å². The molecule has 0 radical (unpaired) electrons. The van der Waals surface area contributed by atoms with Crippen molar-refractivity contribution < 1.29 is 24.1 Å². The third-order valence-electron chi connectivity index (χ3n) is 8.62. The highest BCUT2D eigenvalue weighted by Gasteiger charge is 2.62. The summed E-state index contributed by atoms with van der Waals surface area (Å²) in [6.07, 6.45) is -0.138. The highest BCUT2D eigenvalue weighted by Crippen LogP contribution is 2.57. The Hall–Kier alpha value is -2.58. The SMILES string of the molecule is CC1(C)O[C@H]2[C@@H]([C@H](O)CCC3OCCO3)N(C3(c4ccccc4)c4ccccc4-c4ccccc43)C[C@H]2O1. The first-order valence-corrected chi connectivity index (χ1v) is 13.8. The van der Waals surface area contributed by atoms with Crippen LogP contribution in [0.3, 0.4) is 0 Å². The lowest BCUT2D eigenvalue weighted by atomic mass is 9.78. The quantitative estimate of drug-likeness (QED) is 0.517. The van der Waals surface area contributed by atoms with Crippen molar-refractivity contribution in [1.82, 2.24) is 4.90 Å². The first-order chi connectivity index (χ1) is 18.5. The highest BCUT2D eigenvalue weighted by molar-refractivity contribution is 5.83. The summed E-state index contributed by atoms with van der Waals surface area (Å²) in [5.74, 6) is -0.692. The second-order valence-electron chi connectivity index (χ2n) is 11.3. The van der Waals surface area contributed by atoms with E-state index in [1.54, 1.807) is 0 Å². The van der Waals surface area contributed by atoms with Crippen LogP contribution in [-0.4, -0.2) is 66.2 Å². The molecule has 7 rings (SSSR count). The van der Waals surface area contributed by atoms with E-state index in [2.05, 4.69) is 83.8 Å². The number of aliphatic hydroxyl groups is 1. The number of hydrogen-bond acceptors (Lipinski definition) is 6. The molecular formula is C32H35NO5. The molecule has 198 valence electrons. The predicted molar refractivity (Wildman–Crippen MR) is 143 cm³/mol. The number of benzene rings is 3. The molecule has 3 fully saturated rings. The third kappa shape index (κ3) is 3.70. The fourth-order valence-corrected chi connectivity index (χ4v) is 7.30. The molecule has 6 heteroatoms. The fraction of sp³-hybridized carbons (Fsp3) is 0.438. The van der Waals surface area contributed by atoms with Gasteiger partial charge in [0.25, 0.3) is 0 Å². The lowest BCUT2D eigenvalue weighted by Crippen LogP contribution is -2.56. The number of rotatable bonds is 6. The van der Waals surface area contributed by atoms with Gasteiger partial charge in [0.15, 0.2) is 12.1 Å². The van der Waals surface area contributed by atoms with E-state index in [9.17, 15) is 5.11 Å². The first kappa shape index (κ1) is 24.5. The zero-order valence-electron chi connectivity index (χ0n) is 22.0. The zero-order chi connectivity index (χ0) is 25.9. The van der Waals surface area contributed by atoms with Crippen molar-refractivity contribution in [3.8, 4) is 11.1 Å². The van der Waals surface area contributed by atoms with E-state index in [1.807, 2.05) is 13.8 Å². The number of aliphatic hydroxyl groups excluding tert-OH is 1. The second kappa shape index (κ2) is 9.26. The van der Waals surface area contributed by atoms with E-state index in [0.29, 0.717) is 32.6 Å². The van der Waals surface area contributed by atoms with Gasteiger partial charge in [-0.2, -0.15) is 0 Å². The summed E-state index contributed by atoms with van der Waals surface area (Å²) >= 11 is 0. The van der Waals surface area contributed by atoms with E-state index in [1.165, 1.54) is 27.8 Å². The van der Waals surface area contributed by atoms with Gasteiger partial charge < -0.3 is 24.1 Å². The van der Waals surface area contributed by atoms with Crippen molar-refractivity contribution in [2.75, 3.05) is 19.8 Å². The summed E-state index contributed by atoms with van der Waals surface area (Å²) in [6.45, 7) is 5.79. The summed E-state index contributed by atoms with van der Waals surface area (Å²) in [6, 6.07) is 27.8. The minimum atomic E-state index is -0.692. The lowest BCUT2D eigenvalue weighted by molar-refractivity contribution is -0.172. The molecule has 0 aromatic heterocycles. The molecule has 3 aromatic carbocycles. The van der Waals surface area contributed by atoms with Crippen LogP contribution in [0.5, 0.6) is 0 Å². The Balaban J connectivity index is 1.39. The molecule has 4 atom stereocenters. The molecule has 3 heterocycles. The Labute approximate surface area is 224 Å². The van der Waals surface area contributed by atoms with Crippen molar-refractivity contribution in [2.45, 2.75) is 68.7 Å². The van der Waals surface area contributed by atoms with Gasteiger partial charge in [-0.3, -0.25) is 4.90 Å². The van der Waals surface area contributed by atoms with E-state index in [4.69, 9.17) is 18.9 Å². The number of fused-ring (bicyclic) bond motifs is 4. The van der Waals surface area contributed by atoms with Crippen LogP contribution in [-0.2, 0) is 24.5 Å². The van der Waals surface area contributed by atoms with Crippen LogP contribution in [0.4, 0.5) is 0 Å². The van der Waals surface area contributed by atoms with E-state index in [-0.39, 0.29) is 24.5 Å². The Morgan fingerprint density at radius 1 is 0.842 bits per heavy atom. The zero-order valence-corrected chi connectivity index (χ0v) is 22.0. The van der Waals surface area contributed by atoms with Crippen molar-refractivity contribution >= 4 is 0 Å². The number of hydrogen-bond donors (Lipinski definition) is 1. The first-order valence-electron chi connectivity index (χ1n) is 13.8. The minimum absolute atomic E-state index is 0.149. The van der Waals surface area contributed by atoms with Gasteiger partial charge in [-0.15, -0.1) is 0 Å². The van der Waals surface area contributed by atoms with Gasteiger partial charge in [0, 0.05) is 13.0 Å². The maximum atomic E-state index is 11.9. The molecule has 0 bridgehead atoms. The summed E-state index contributed by atoms with van der Waals surface area (Å²) in [5.41, 5.74) is 5.50. The lowest BCUT2D eigenvalue weighted by Gasteiger charge is -2.47. The van der Waals surface area contributed by atoms with Gasteiger partial charge in [0.2, 0.25) is 0 Å². The molecule has 6 nitrogen and oxygen atoms in total. The van der Waals surface area contributed by atoms with E-state index < -0.39 is 17.4 Å². The molecule has 0 saturated carbocycles. The molecular weight excluding hydrogens is 478 g/mol. The molecule has 1 aliphatic carbocycles. The topological polar surface area (TPSA) is 60.4 Å². The van der Waals surface area contributed by atoms with Gasteiger partial charge >= 0.3 is 0 Å². The van der Waals surface area contributed by atoms with Gasteiger partial charge in [0.1, 0.15) is 12.2 Å². The summed E-state index contributed by atoms with van der Waals surface area (Å²) in [4.78, 5) is 2.47. The van der Waals surface area contributed by atoms with Crippen LogP contribution in [0.2, 0.25) is 0 Å². The van der Waals surface area contributed by atoms with Crippen LogP contribution >= 0.6 is 0 Å². The standard InChI is InChI=1S/C32H35NO5/c1-31(2)37-27-20-33(29(30(27)38-31)26(34)16-17-28-35-18-19-36-28)32(21-10-4-3-5-11-21)24-14-8-6-12-22(24)23-13-7-9-15-25(23)32/h3-15,26-30,34H,16-20H2,1-2H3/t26-,27-,29-,30-/m1/s1. The highest BCUT2D eigenvalue weighted by atomic mass is 16.8. The third-order valence-corrected chi connectivity index (χ3v) is 8.62. The minimum Gasteiger partial charge on any atom is -0.391 e. The van der Waals surface area contributed by atoms with Crippen LogP contribution in [0.25, 0.3) is 11.1 Å². The summed E-state index contributed by atoms with van der Waals surface area (Å²) in [7, 11) is 0. The van der Waals surface area contributed by atoms with E-state index in [0.717, 1.165) is 0 Å². The normalized spacial score (nSPS) is 28.2. The van der Waals surface area contributed by atoms with Crippen molar-refractivity contribution in [3.05, 3.63) is 95.6 Å². The number of ether oxygens (including phenoxy) is 4. The van der Waals surface area contributed by atoms with E-state index >= 15 is 0 Å². The fourth-order valence-electron chi connectivity index (χ4n) is 7.30. The van der Waals surface area contributed by atoms with Gasteiger partial charge in [-0.1, -0.05) is 78.9 Å². The van der Waals surface area contributed by atoms with Crippen molar-refractivity contribution in [3.63, 3.8) is 0 Å². The average Bonchev–Trinajstić information content (AvgIpc) is 3.69. The molecule has 4 aliphatic rings. The largest absolute Gasteiger partial charge is 0.391 e. The predicted octanol–water partition coefficient (Wildman–Crippen LogP) is 4.68. The number of nitrogens with zero attached hydrogens (tertiary/aromatic N) is 1. The Morgan fingerprint density at radius 2 is 1.45 bits per heavy atom. The summed E-state index contributed by atoms with van der Waals surface area (Å²) in [5, 5.41) is 11.9. The Morgan fingerprint density at radius 3 is 2.11 bits per heavy atom. The average molecular weight is 514 g/mol. The molecule has 38 heavy (non-hydrogen) atoms. The molecule has 3 saturated heterocycles. The molecule has 0 unspecified atom stereocenters. The Bertz CT molecular complexity index is 1260. The molecule has 3 aliphatic heterocycles. The Kier molecular flexibility index (Phi) is 5.96. The number of likely N-dealkylation sites (tertiary alicyclic amines) is 1. The molecule has 3 aromatic rings. The monoisotopic (exact) mass is 513 g/mol. The molecule has 0 spiro atoms. The maximum Gasteiger partial charge on any atom is 0.163 e. The smallest absolute Gasteiger partial charge is 0.163 e. The summed E-state index contributed by atoms with van der Waals surface area (Å²) < 4.78 is 24.4.